The average Bonchev–Trinajstić information content (AvgIpc) is 2.55. The maximum Gasteiger partial charge on any atom is 0.227 e. The van der Waals surface area contributed by atoms with E-state index in [1.165, 1.54) is 0 Å². The summed E-state index contributed by atoms with van der Waals surface area (Å²) in [6, 6.07) is 5.90. The maximum absolute atomic E-state index is 12.5. The van der Waals surface area contributed by atoms with Gasteiger partial charge in [0.15, 0.2) is 0 Å². The predicted octanol–water partition coefficient (Wildman–Crippen LogP) is 1.46. The SMILES string of the molecule is COc1cccc(OC)c1CC(=O)N(C)C1CCNCC1. The third-order valence-corrected chi connectivity index (χ3v) is 4.11. The number of amides is 1. The summed E-state index contributed by atoms with van der Waals surface area (Å²) in [6.45, 7) is 1.94. The first-order valence-corrected chi connectivity index (χ1v) is 7.33. The Morgan fingerprint density at radius 1 is 1.24 bits per heavy atom. The fourth-order valence-corrected chi connectivity index (χ4v) is 2.78. The van der Waals surface area contributed by atoms with E-state index in [4.69, 9.17) is 9.47 Å². The van der Waals surface area contributed by atoms with Gasteiger partial charge in [0.25, 0.3) is 0 Å². The number of rotatable bonds is 5. The van der Waals surface area contributed by atoms with Crippen LogP contribution < -0.4 is 14.8 Å². The van der Waals surface area contributed by atoms with Crippen molar-refractivity contribution in [3.8, 4) is 11.5 Å². The van der Waals surface area contributed by atoms with Crippen LogP contribution in [0.5, 0.6) is 11.5 Å². The number of carbonyl (C=O) groups excluding carboxylic acids is 1. The molecular weight excluding hydrogens is 268 g/mol. The van der Waals surface area contributed by atoms with Crippen LogP contribution in [0.2, 0.25) is 0 Å². The van der Waals surface area contributed by atoms with Gasteiger partial charge < -0.3 is 19.7 Å². The van der Waals surface area contributed by atoms with Crippen LogP contribution in [0.4, 0.5) is 0 Å². The summed E-state index contributed by atoms with van der Waals surface area (Å²) >= 11 is 0. The third kappa shape index (κ3) is 3.67. The van der Waals surface area contributed by atoms with Crippen molar-refractivity contribution in [3.63, 3.8) is 0 Å². The number of hydrogen-bond donors (Lipinski definition) is 1. The van der Waals surface area contributed by atoms with Crippen LogP contribution in [-0.4, -0.2) is 51.2 Å². The number of ether oxygens (including phenoxy) is 2. The molecule has 5 heteroatoms. The molecule has 0 saturated carbocycles. The predicted molar refractivity (Wildman–Crippen MR) is 81.9 cm³/mol. The Kier molecular flexibility index (Phi) is 5.44. The molecule has 1 amide bonds. The number of hydrogen-bond acceptors (Lipinski definition) is 4. The first-order chi connectivity index (χ1) is 10.2. The maximum atomic E-state index is 12.5. The summed E-state index contributed by atoms with van der Waals surface area (Å²) in [5.74, 6) is 1.49. The van der Waals surface area contributed by atoms with E-state index in [2.05, 4.69) is 5.32 Å². The summed E-state index contributed by atoms with van der Waals surface area (Å²) in [4.78, 5) is 14.4. The number of likely N-dealkylation sites (N-methyl/N-ethyl adjacent to an activating group) is 1. The second-order valence-electron chi connectivity index (χ2n) is 5.30. The van der Waals surface area contributed by atoms with Crippen molar-refractivity contribution in [1.82, 2.24) is 10.2 Å². The van der Waals surface area contributed by atoms with Gasteiger partial charge in [0.05, 0.1) is 20.6 Å². The molecule has 116 valence electrons. The number of carbonyl (C=O) groups is 1. The first kappa shape index (κ1) is 15.6. The molecule has 21 heavy (non-hydrogen) atoms. The van der Waals surface area contributed by atoms with Crippen molar-refractivity contribution in [2.24, 2.45) is 0 Å². The van der Waals surface area contributed by atoms with Crippen molar-refractivity contribution >= 4 is 5.91 Å². The van der Waals surface area contributed by atoms with Crippen molar-refractivity contribution < 1.29 is 14.3 Å². The minimum Gasteiger partial charge on any atom is -0.496 e. The Bertz CT molecular complexity index is 462. The first-order valence-electron chi connectivity index (χ1n) is 7.33. The molecule has 0 bridgehead atoms. The van der Waals surface area contributed by atoms with E-state index in [9.17, 15) is 4.79 Å². The minimum absolute atomic E-state index is 0.102. The Morgan fingerprint density at radius 2 is 1.81 bits per heavy atom. The van der Waals surface area contributed by atoms with Crippen LogP contribution in [0.25, 0.3) is 0 Å². The van der Waals surface area contributed by atoms with Gasteiger partial charge in [-0.2, -0.15) is 0 Å². The van der Waals surface area contributed by atoms with E-state index < -0.39 is 0 Å². The lowest BCUT2D eigenvalue weighted by atomic mass is 10.0. The molecule has 1 aliphatic heterocycles. The van der Waals surface area contributed by atoms with E-state index in [0.29, 0.717) is 24.0 Å². The fourth-order valence-electron chi connectivity index (χ4n) is 2.78. The van der Waals surface area contributed by atoms with Crippen molar-refractivity contribution in [1.29, 1.82) is 0 Å². The minimum atomic E-state index is 0.102. The van der Waals surface area contributed by atoms with Gasteiger partial charge in [-0.15, -0.1) is 0 Å². The van der Waals surface area contributed by atoms with Crippen LogP contribution >= 0.6 is 0 Å². The molecule has 2 rings (SSSR count). The lowest BCUT2D eigenvalue weighted by Gasteiger charge is -2.32. The second kappa shape index (κ2) is 7.31. The highest BCUT2D eigenvalue weighted by Crippen LogP contribution is 2.29. The van der Waals surface area contributed by atoms with Gasteiger partial charge >= 0.3 is 0 Å². The van der Waals surface area contributed by atoms with Crippen LogP contribution in [0.15, 0.2) is 18.2 Å². The van der Waals surface area contributed by atoms with Gasteiger partial charge in [-0.25, -0.2) is 0 Å². The monoisotopic (exact) mass is 292 g/mol. The summed E-state index contributed by atoms with van der Waals surface area (Å²) in [6.07, 6.45) is 2.31. The summed E-state index contributed by atoms with van der Waals surface area (Å²) < 4.78 is 10.7. The van der Waals surface area contributed by atoms with Gasteiger partial charge in [-0.05, 0) is 38.1 Å². The van der Waals surface area contributed by atoms with E-state index in [1.807, 2.05) is 30.1 Å². The highest BCUT2D eigenvalue weighted by molar-refractivity contribution is 5.80. The molecule has 1 heterocycles. The highest BCUT2D eigenvalue weighted by Gasteiger charge is 2.23. The Hall–Kier alpha value is -1.75. The van der Waals surface area contributed by atoms with Crippen LogP contribution in [-0.2, 0) is 11.2 Å². The van der Waals surface area contributed by atoms with Gasteiger partial charge in [-0.3, -0.25) is 4.79 Å². The van der Waals surface area contributed by atoms with Crippen molar-refractivity contribution in [2.45, 2.75) is 25.3 Å². The molecule has 1 N–H and O–H groups in total. The molecule has 1 aromatic rings. The molecule has 1 saturated heterocycles. The molecule has 5 nitrogen and oxygen atoms in total. The zero-order valence-electron chi connectivity index (χ0n) is 13.0. The standard InChI is InChI=1S/C16H24N2O3/c1-18(12-7-9-17-10-8-12)16(19)11-13-14(20-2)5-4-6-15(13)21-3/h4-6,12,17H,7-11H2,1-3H3. The van der Waals surface area contributed by atoms with Crippen LogP contribution in [0.1, 0.15) is 18.4 Å². The summed E-state index contributed by atoms with van der Waals surface area (Å²) in [5.41, 5.74) is 0.813. The van der Waals surface area contributed by atoms with Gasteiger partial charge in [0, 0.05) is 18.7 Å². The van der Waals surface area contributed by atoms with Gasteiger partial charge in [-0.1, -0.05) is 6.07 Å². The number of nitrogens with one attached hydrogen (secondary N) is 1. The van der Waals surface area contributed by atoms with Crippen LogP contribution in [0.3, 0.4) is 0 Å². The second-order valence-corrected chi connectivity index (χ2v) is 5.30. The molecule has 1 aromatic carbocycles. The van der Waals surface area contributed by atoms with Crippen molar-refractivity contribution in [2.75, 3.05) is 34.4 Å². The Labute approximate surface area is 126 Å². The molecule has 0 aliphatic carbocycles. The Balaban J connectivity index is 2.11. The molecule has 0 atom stereocenters. The van der Waals surface area contributed by atoms with Gasteiger partial charge in [0.2, 0.25) is 5.91 Å². The smallest absolute Gasteiger partial charge is 0.227 e. The average molecular weight is 292 g/mol. The van der Waals surface area contributed by atoms with E-state index in [-0.39, 0.29) is 5.91 Å². The fraction of sp³-hybridized carbons (Fsp3) is 0.562. The third-order valence-electron chi connectivity index (χ3n) is 4.11. The molecule has 0 aromatic heterocycles. The molecule has 0 radical (unpaired) electrons. The van der Waals surface area contributed by atoms with E-state index >= 15 is 0 Å². The molecule has 0 spiro atoms. The van der Waals surface area contributed by atoms with Gasteiger partial charge in [0.1, 0.15) is 11.5 Å². The zero-order chi connectivity index (χ0) is 15.2. The number of benzene rings is 1. The van der Waals surface area contributed by atoms with E-state index in [0.717, 1.165) is 31.5 Å². The zero-order valence-corrected chi connectivity index (χ0v) is 13.0. The molecule has 1 fully saturated rings. The number of nitrogens with zero attached hydrogens (tertiary/aromatic N) is 1. The largest absolute Gasteiger partial charge is 0.496 e. The summed E-state index contributed by atoms with van der Waals surface area (Å²) in [7, 11) is 5.11. The van der Waals surface area contributed by atoms with Crippen molar-refractivity contribution in [3.05, 3.63) is 23.8 Å². The van der Waals surface area contributed by atoms with Crippen LogP contribution in [0, 0.1) is 0 Å². The molecular formula is C16H24N2O3. The lowest BCUT2D eigenvalue weighted by molar-refractivity contribution is -0.131. The number of methoxy groups -OCH3 is 2. The highest BCUT2D eigenvalue weighted by atomic mass is 16.5. The number of piperidine rings is 1. The quantitative estimate of drug-likeness (QED) is 0.892. The topological polar surface area (TPSA) is 50.8 Å². The Morgan fingerprint density at radius 3 is 2.33 bits per heavy atom. The lowest BCUT2D eigenvalue weighted by Crippen LogP contribution is -2.44. The molecule has 0 unspecified atom stereocenters. The normalized spacial score (nSPS) is 15.6. The molecule has 1 aliphatic rings. The summed E-state index contributed by atoms with van der Waals surface area (Å²) in [5, 5.41) is 3.32. The van der Waals surface area contributed by atoms with E-state index in [1.54, 1.807) is 14.2 Å².